The molecule has 2 aromatic carbocycles. The quantitative estimate of drug-likeness (QED) is 0.623. The van der Waals surface area contributed by atoms with Crippen molar-refractivity contribution in [2.24, 2.45) is 0 Å². The molecular formula is C19H19N3O6S. The third-order valence-electron chi connectivity index (χ3n) is 4.14. The fourth-order valence-corrected chi connectivity index (χ4v) is 3.39. The van der Waals surface area contributed by atoms with Crippen LogP contribution in [0.4, 0.5) is 6.01 Å². The largest absolute Gasteiger partial charge is 0.497 e. The van der Waals surface area contributed by atoms with Crippen molar-refractivity contribution in [1.82, 2.24) is 10.2 Å². The van der Waals surface area contributed by atoms with E-state index >= 15 is 0 Å². The molecule has 0 radical (unpaired) electrons. The summed E-state index contributed by atoms with van der Waals surface area (Å²) in [5.74, 6) is 0.704. The minimum Gasteiger partial charge on any atom is -0.497 e. The summed E-state index contributed by atoms with van der Waals surface area (Å²) in [4.78, 5) is 12.5. The number of methoxy groups -OCH3 is 2. The first-order valence-electron chi connectivity index (χ1n) is 8.58. The van der Waals surface area contributed by atoms with Gasteiger partial charge in [-0.25, -0.2) is 8.42 Å². The highest BCUT2D eigenvalue weighted by atomic mass is 32.2. The molecule has 1 aromatic heterocycles. The zero-order chi connectivity index (χ0) is 21.0. The summed E-state index contributed by atoms with van der Waals surface area (Å²) in [7, 11) is -0.292. The smallest absolute Gasteiger partial charge is 0.322 e. The number of ether oxygens (including phenoxy) is 2. The third-order valence-corrected chi connectivity index (χ3v) is 5.89. The van der Waals surface area contributed by atoms with Gasteiger partial charge >= 0.3 is 6.01 Å². The summed E-state index contributed by atoms with van der Waals surface area (Å²) >= 11 is 0. The molecule has 3 rings (SSSR count). The predicted octanol–water partition coefficient (Wildman–Crippen LogP) is 2.80. The van der Waals surface area contributed by atoms with Crippen LogP contribution in [0.3, 0.4) is 0 Å². The molecule has 0 unspecified atom stereocenters. The van der Waals surface area contributed by atoms with Crippen molar-refractivity contribution in [3.05, 3.63) is 48.0 Å². The summed E-state index contributed by atoms with van der Waals surface area (Å²) in [6.45, 7) is 1.56. The number of benzene rings is 2. The lowest BCUT2D eigenvalue weighted by molar-refractivity contribution is 0.102. The number of aromatic nitrogens is 2. The third kappa shape index (κ3) is 4.37. The molecule has 29 heavy (non-hydrogen) atoms. The molecule has 0 aliphatic heterocycles. The Hall–Kier alpha value is -3.40. The molecule has 0 saturated carbocycles. The van der Waals surface area contributed by atoms with E-state index in [1.54, 1.807) is 32.2 Å². The highest BCUT2D eigenvalue weighted by Gasteiger charge is 2.17. The summed E-state index contributed by atoms with van der Waals surface area (Å²) in [6.07, 6.45) is 0. The van der Waals surface area contributed by atoms with E-state index in [4.69, 9.17) is 13.9 Å². The number of rotatable bonds is 7. The number of carbonyl (C=O) groups excluding carboxylic acids is 1. The van der Waals surface area contributed by atoms with Crippen LogP contribution in [0.1, 0.15) is 17.3 Å². The first-order chi connectivity index (χ1) is 13.9. The average molecular weight is 417 g/mol. The second-order valence-corrected chi connectivity index (χ2v) is 8.14. The SMILES string of the molecule is CCS(=O)(=O)c1ccc(C(=O)Nc2nnc(-c3ccc(OC)cc3OC)o2)cc1. The summed E-state index contributed by atoms with van der Waals surface area (Å²) < 4.78 is 39.7. The molecule has 3 aromatic rings. The van der Waals surface area contributed by atoms with Crippen LogP contribution < -0.4 is 14.8 Å². The summed E-state index contributed by atoms with van der Waals surface area (Å²) in [5.41, 5.74) is 0.789. The lowest BCUT2D eigenvalue weighted by Crippen LogP contribution is -2.12. The van der Waals surface area contributed by atoms with E-state index in [2.05, 4.69) is 15.5 Å². The van der Waals surface area contributed by atoms with Gasteiger partial charge in [0.1, 0.15) is 11.5 Å². The van der Waals surface area contributed by atoms with E-state index in [0.29, 0.717) is 17.1 Å². The molecule has 1 heterocycles. The van der Waals surface area contributed by atoms with Gasteiger partial charge in [0.05, 0.1) is 30.4 Å². The predicted molar refractivity (Wildman–Crippen MR) is 105 cm³/mol. The zero-order valence-electron chi connectivity index (χ0n) is 16.0. The van der Waals surface area contributed by atoms with Crippen LogP contribution in [-0.4, -0.2) is 44.5 Å². The van der Waals surface area contributed by atoms with Gasteiger partial charge in [-0.05, 0) is 36.4 Å². The van der Waals surface area contributed by atoms with Gasteiger partial charge in [-0.1, -0.05) is 12.0 Å². The lowest BCUT2D eigenvalue weighted by Gasteiger charge is -2.07. The highest BCUT2D eigenvalue weighted by Crippen LogP contribution is 2.33. The second kappa shape index (κ2) is 8.31. The molecule has 9 nitrogen and oxygen atoms in total. The Balaban J connectivity index is 1.77. The Morgan fingerprint density at radius 1 is 1.07 bits per heavy atom. The lowest BCUT2D eigenvalue weighted by atomic mass is 10.2. The number of hydrogen-bond donors (Lipinski definition) is 1. The van der Waals surface area contributed by atoms with Crippen molar-refractivity contribution in [1.29, 1.82) is 0 Å². The maximum Gasteiger partial charge on any atom is 0.322 e. The van der Waals surface area contributed by atoms with Crippen LogP contribution in [-0.2, 0) is 9.84 Å². The van der Waals surface area contributed by atoms with Crippen LogP contribution in [0.25, 0.3) is 11.5 Å². The molecular weight excluding hydrogens is 398 g/mol. The molecule has 0 bridgehead atoms. The van der Waals surface area contributed by atoms with E-state index in [0.717, 1.165) is 0 Å². The van der Waals surface area contributed by atoms with Crippen LogP contribution >= 0.6 is 0 Å². The molecule has 0 atom stereocenters. The average Bonchev–Trinajstić information content (AvgIpc) is 3.21. The molecule has 1 N–H and O–H groups in total. The molecule has 152 valence electrons. The molecule has 0 fully saturated rings. The van der Waals surface area contributed by atoms with Crippen LogP contribution in [0.5, 0.6) is 11.5 Å². The number of nitrogens with zero attached hydrogens (tertiary/aromatic N) is 2. The number of amides is 1. The van der Waals surface area contributed by atoms with Gasteiger partial charge in [-0.2, -0.15) is 0 Å². The topological polar surface area (TPSA) is 121 Å². The van der Waals surface area contributed by atoms with Gasteiger partial charge in [-0.15, -0.1) is 5.10 Å². The van der Waals surface area contributed by atoms with E-state index in [-0.39, 0.29) is 28.1 Å². The number of carbonyl (C=O) groups is 1. The molecule has 0 aliphatic carbocycles. The molecule has 1 amide bonds. The van der Waals surface area contributed by atoms with Crippen molar-refractivity contribution in [2.45, 2.75) is 11.8 Å². The normalized spacial score (nSPS) is 11.1. The minimum atomic E-state index is -3.33. The zero-order valence-corrected chi connectivity index (χ0v) is 16.8. The van der Waals surface area contributed by atoms with Crippen molar-refractivity contribution in [3.63, 3.8) is 0 Å². The Bertz CT molecular complexity index is 1120. The Morgan fingerprint density at radius 3 is 2.41 bits per heavy atom. The molecule has 0 aliphatic rings. The van der Waals surface area contributed by atoms with Crippen molar-refractivity contribution >= 4 is 21.8 Å². The van der Waals surface area contributed by atoms with Crippen LogP contribution in [0.15, 0.2) is 51.8 Å². The second-order valence-electron chi connectivity index (χ2n) is 5.86. The highest BCUT2D eigenvalue weighted by molar-refractivity contribution is 7.91. The first-order valence-corrected chi connectivity index (χ1v) is 10.2. The van der Waals surface area contributed by atoms with E-state index in [1.165, 1.54) is 31.4 Å². The first kappa shape index (κ1) is 20.3. The van der Waals surface area contributed by atoms with Crippen molar-refractivity contribution in [2.75, 3.05) is 25.3 Å². The van der Waals surface area contributed by atoms with Gasteiger partial charge < -0.3 is 13.9 Å². The summed E-state index contributed by atoms with van der Waals surface area (Å²) in [6, 6.07) is 10.6. The molecule has 0 saturated heterocycles. The van der Waals surface area contributed by atoms with Crippen LogP contribution in [0, 0.1) is 0 Å². The van der Waals surface area contributed by atoms with Gasteiger partial charge in [0.2, 0.25) is 0 Å². The van der Waals surface area contributed by atoms with Gasteiger partial charge in [0.15, 0.2) is 9.84 Å². The maximum absolute atomic E-state index is 12.4. The molecule has 10 heteroatoms. The Morgan fingerprint density at radius 2 is 1.79 bits per heavy atom. The number of sulfone groups is 1. The number of anilines is 1. The summed E-state index contributed by atoms with van der Waals surface area (Å²) in [5, 5.41) is 10.2. The van der Waals surface area contributed by atoms with E-state index < -0.39 is 15.7 Å². The van der Waals surface area contributed by atoms with E-state index in [9.17, 15) is 13.2 Å². The van der Waals surface area contributed by atoms with Crippen LogP contribution in [0.2, 0.25) is 0 Å². The Labute approximate surface area is 167 Å². The van der Waals surface area contributed by atoms with E-state index in [1.807, 2.05) is 0 Å². The van der Waals surface area contributed by atoms with Gasteiger partial charge in [0.25, 0.3) is 11.8 Å². The fourth-order valence-electron chi connectivity index (χ4n) is 2.51. The maximum atomic E-state index is 12.4. The number of hydrogen-bond acceptors (Lipinski definition) is 8. The van der Waals surface area contributed by atoms with Crippen molar-refractivity contribution < 1.29 is 27.1 Å². The standard InChI is InChI=1S/C19H19N3O6S/c1-4-29(24,25)14-8-5-12(6-9-14)17(23)20-19-22-21-18(28-19)15-10-7-13(26-2)11-16(15)27-3/h5-11H,4H2,1-3H3,(H,20,22,23). The van der Waals surface area contributed by atoms with Gasteiger partial charge in [0, 0.05) is 11.6 Å². The minimum absolute atomic E-state index is 0.0157. The number of nitrogens with one attached hydrogen (secondary N) is 1. The monoisotopic (exact) mass is 417 g/mol. The fraction of sp³-hybridized carbons (Fsp3) is 0.211. The van der Waals surface area contributed by atoms with Crippen molar-refractivity contribution in [3.8, 4) is 23.0 Å². The van der Waals surface area contributed by atoms with Gasteiger partial charge in [-0.3, -0.25) is 10.1 Å². The Kier molecular flexibility index (Phi) is 5.83. The molecule has 0 spiro atoms.